The van der Waals surface area contributed by atoms with Gasteiger partial charge in [0.2, 0.25) is 0 Å². The number of phosphoric acid groups is 1. The van der Waals surface area contributed by atoms with Crippen molar-refractivity contribution in [3.63, 3.8) is 0 Å². The fraction of sp³-hybridized carbons (Fsp3) is 0.744. The molecule has 0 unspecified atom stereocenters. The first-order valence-electron chi connectivity index (χ1n) is 19.2. The number of rotatable bonds is 30. The molecular weight excluding hydrogens is 675 g/mol. The summed E-state index contributed by atoms with van der Waals surface area (Å²) >= 11 is 0. The van der Waals surface area contributed by atoms with E-state index in [1.807, 2.05) is 0 Å². The zero-order chi connectivity index (χ0) is 37.7. The van der Waals surface area contributed by atoms with E-state index in [1.54, 1.807) is 24.3 Å². The molecule has 0 saturated heterocycles. The standard InChI is InChI=1S/C39H67O11P/c1-3-5-7-8-9-10-11-12-13-14-15-16-17-18-20-25-38(43)48-30-33(31-49-51(45,46)47)50-39(44)26-22-21-24-34-35(37(42)29-36(34)41)28-27-32(40)23-19-6-4-2/h10-13,21-22,27-28,32-37,40-42H,3-9,14-20,23-26,29-31H2,1-2H3,(H2,45,46,47)/b11-10-,13-12-,22-21-,28-27+/t32-,33-,34+,35-,36+,37-/m1/s1. The average molecular weight is 743 g/mol. The van der Waals surface area contributed by atoms with Gasteiger partial charge in [-0.2, -0.15) is 0 Å². The van der Waals surface area contributed by atoms with E-state index in [0.717, 1.165) is 57.8 Å². The van der Waals surface area contributed by atoms with Crippen LogP contribution in [0.5, 0.6) is 0 Å². The maximum Gasteiger partial charge on any atom is 0.469 e. The predicted molar refractivity (Wildman–Crippen MR) is 199 cm³/mol. The predicted octanol–water partition coefficient (Wildman–Crippen LogP) is 7.56. The molecule has 12 heteroatoms. The highest BCUT2D eigenvalue weighted by atomic mass is 31.2. The molecular formula is C39H67O11P. The van der Waals surface area contributed by atoms with E-state index >= 15 is 0 Å². The number of unbranched alkanes of at least 4 members (excludes halogenated alkanes) is 11. The Bertz CT molecular complexity index is 1080. The van der Waals surface area contributed by atoms with Gasteiger partial charge >= 0.3 is 19.8 Å². The quantitative estimate of drug-likeness (QED) is 0.0161. The minimum absolute atomic E-state index is 0.173. The van der Waals surface area contributed by atoms with Crippen LogP contribution in [0.3, 0.4) is 0 Å². The van der Waals surface area contributed by atoms with Crippen molar-refractivity contribution < 1.29 is 53.3 Å². The molecule has 1 fully saturated rings. The smallest absolute Gasteiger partial charge is 0.462 e. The number of carbonyl (C=O) groups is 2. The van der Waals surface area contributed by atoms with Gasteiger partial charge in [-0.1, -0.05) is 120 Å². The van der Waals surface area contributed by atoms with Crippen LogP contribution in [-0.2, 0) is 28.2 Å². The monoisotopic (exact) mass is 742 g/mol. The van der Waals surface area contributed by atoms with Crippen LogP contribution in [0, 0.1) is 11.8 Å². The molecule has 11 nitrogen and oxygen atoms in total. The Balaban J connectivity index is 2.40. The van der Waals surface area contributed by atoms with Gasteiger partial charge in [0.1, 0.15) is 6.61 Å². The number of phosphoric ester groups is 1. The Morgan fingerprint density at radius 2 is 1.41 bits per heavy atom. The molecule has 0 heterocycles. The van der Waals surface area contributed by atoms with Crippen molar-refractivity contribution >= 4 is 19.8 Å². The second kappa shape index (κ2) is 29.4. The van der Waals surface area contributed by atoms with Crippen LogP contribution in [0.15, 0.2) is 48.6 Å². The summed E-state index contributed by atoms with van der Waals surface area (Å²) in [7, 11) is -4.85. The third kappa shape index (κ3) is 25.5. The molecule has 0 spiro atoms. The molecule has 0 amide bonds. The number of hydrogen-bond acceptors (Lipinski definition) is 9. The van der Waals surface area contributed by atoms with Crippen molar-refractivity contribution in [1.29, 1.82) is 0 Å². The number of aliphatic hydroxyl groups excluding tert-OH is 3. The first-order chi connectivity index (χ1) is 24.5. The lowest BCUT2D eigenvalue weighted by atomic mass is 9.89. The minimum Gasteiger partial charge on any atom is -0.462 e. The summed E-state index contributed by atoms with van der Waals surface area (Å²) in [6.45, 7) is 3.25. The van der Waals surface area contributed by atoms with Crippen LogP contribution in [0.4, 0.5) is 0 Å². The average Bonchev–Trinajstić information content (AvgIpc) is 3.35. The van der Waals surface area contributed by atoms with Crippen molar-refractivity contribution in [2.24, 2.45) is 11.8 Å². The minimum atomic E-state index is -4.85. The Morgan fingerprint density at radius 1 is 0.784 bits per heavy atom. The Morgan fingerprint density at radius 3 is 2.08 bits per heavy atom. The summed E-state index contributed by atoms with van der Waals surface area (Å²) in [6, 6.07) is 0. The van der Waals surface area contributed by atoms with E-state index in [9.17, 15) is 29.5 Å². The molecule has 1 aliphatic rings. The lowest BCUT2D eigenvalue weighted by Crippen LogP contribution is -2.29. The van der Waals surface area contributed by atoms with Gasteiger partial charge in [0.05, 0.1) is 31.3 Å². The molecule has 1 rings (SSSR count). The van der Waals surface area contributed by atoms with Crippen molar-refractivity contribution in [1.82, 2.24) is 0 Å². The van der Waals surface area contributed by atoms with Gasteiger partial charge in [0.25, 0.3) is 0 Å². The molecule has 1 saturated carbocycles. The molecule has 0 bridgehead atoms. The molecule has 5 N–H and O–H groups in total. The van der Waals surface area contributed by atoms with Gasteiger partial charge in [-0.3, -0.25) is 14.1 Å². The zero-order valence-electron chi connectivity index (χ0n) is 31.1. The molecule has 6 atom stereocenters. The number of aliphatic hydroxyl groups is 3. The molecule has 0 aromatic rings. The number of allylic oxidation sites excluding steroid dienone is 5. The first-order valence-corrected chi connectivity index (χ1v) is 20.7. The van der Waals surface area contributed by atoms with Gasteiger partial charge in [-0.15, -0.1) is 0 Å². The molecule has 1 aliphatic carbocycles. The molecule has 0 aromatic carbocycles. The summed E-state index contributed by atoms with van der Waals surface area (Å²) in [6.07, 6.45) is 28.2. The van der Waals surface area contributed by atoms with Gasteiger partial charge < -0.3 is 34.6 Å². The second-order valence-corrected chi connectivity index (χ2v) is 14.8. The fourth-order valence-electron chi connectivity index (χ4n) is 5.98. The summed E-state index contributed by atoms with van der Waals surface area (Å²) in [5, 5.41) is 31.2. The number of ether oxygens (including phenoxy) is 2. The molecule has 294 valence electrons. The molecule has 0 radical (unpaired) electrons. The van der Waals surface area contributed by atoms with Crippen molar-refractivity contribution in [3.8, 4) is 0 Å². The van der Waals surface area contributed by atoms with Crippen LogP contribution < -0.4 is 0 Å². The van der Waals surface area contributed by atoms with Gasteiger partial charge in [-0.25, -0.2) is 4.57 Å². The summed E-state index contributed by atoms with van der Waals surface area (Å²) in [5.74, 6) is -1.85. The lowest BCUT2D eigenvalue weighted by Gasteiger charge is -2.20. The maximum absolute atomic E-state index is 12.5. The summed E-state index contributed by atoms with van der Waals surface area (Å²) < 4.78 is 26.3. The topological polar surface area (TPSA) is 180 Å². The van der Waals surface area contributed by atoms with Crippen molar-refractivity contribution in [3.05, 3.63) is 48.6 Å². The van der Waals surface area contributed by atoms with E-state index in [1.165, 1.54) is 25.7 Å². The van der Waals surface area contributed by atoms with Gasteiger partial charge in [-0.05, 0) is 50.9 Å². The van der Waals surface area contributed by atoms with Crippen LogP contribution in [0.25, 0.3) is 0 Å². The lowest BCUT2D eigenvalue weighted by molar-refractivity contribution is -0.160. The first kappa shape index (κ1) is 46.9. The van der Waals surface area contributed by atoms with Crippen LogP contribution >= 0.6 is 7.82 Å². The van der Waals surface area contributed by atoms with E-state index in [0.29, 0.717) is 19.3 Å². The second-order valence-electron chi connectivity index (χ2n) is 13.6. The van der Waals surface area contributed by atoms with E-state index < -0.39 is 57.4 Å². The van der Waals surface area contributed by atoms with Gasteiger partial charge in [0.15, 0.2) is 6.10 Å². The maximum atomic E-state index is 12.5. The largest absolute Gasteiger partial charge is 0.469 e. The van der Waals surface area contributed by atoms with Crippen LogP contribution in [0.2, 0.25) is 0 Å². The summed E-state index contributed by atoms with van der Waals surface area (Å²) in [4.78, 5) is 43.0. The Labute approximate surface area is 306 Å². The van der Waals surface area contributed by atoms with Crippen LogP contribution in [0.1, 0.15) is 136 Å². The molecule has 0 aliphatic heterocycles. The van der Waals surface area contributed by atoms with Crippen LogP contribution in [-0.4, -0.2) is 74.7 Å². The normalized spacial score (nSPS) is 21.0. The summed E-state index contributed by atoms with van der Waals surface area (Å²) in [5.41, 5.74) is 0. The van der Waals surface area contributed by atoms with E-state index in [4.69, 9.17) is 19.3 Å². The third-order valence-electron chi connectivity index (χ3n) is 8.95. The zero-order valence-corrected chi connectivity index (χ0v) is 32.0. The molecule has 0 aromatic heterocycles. The Kier molecular flexibility index (Phi) is 27.0. The highest BCUT2D eigenvalue weighted by Gasteiger charge is 2.39. The van der Waals surface area contributed by atoms with E-state index in [-0.39, 0.29) is 31.1 Å². The third-order valence-corrected chi connectivity index (χ3v) is 9.44. The van der Waals surface area contributed by atoms with E-state index in [2.05, 4.69) is 42.7 Å². The van der Waals surface area contributed by atoms with Crippen molar-refractivity contribution in [2.75, 3.05) is 13.2 Å². The SMILES string of the molecule is CCCCCC/C=C\C=C/CCCCCCCC(=O)OC[C@H](COP(=O)(O)O)OC(=O)C/C=C\C[C@H]1[C@@H](/C=C/[C@H](O)CCCCC)[C@H](O)C[C@@H]1O. The number of esters is 2. The number of carbonyl (C=O) groups excluding carboxylic acids is 2. The van der Waals surface area contributed by atoms with Gasteiger partial charge in [0, 0.05) is 18.8 Å². The molecule has 51 heavy (non-hydrogen) atoms. The highest BCUT2D eigenvalue weighted by Crippen LogP contribution is 2.37. The Hall–Kier alpha value is -2.11. The highest BCUT2D eigenvalue weighted by molar-refractivity contribution is 7.46. The fourth-order valence-corrected chi connectivity index (χ4v) is 6.34. The van der Waals surface area contributed by atoms with Crippen molar-refractivity contribution in [2.45, 2.75) is 160 Å². The number of hydrogen-bond donors (Lipinski definition) is 5.